The fraction of sp³-hybridized carbons (Fsp3) is 0.929. The third kappa shape index (κ3) is 5.40. The van der Waals surface area contributed by atoms with Gasteiger partial charge in [0.2, 0.25) is 15.9 Å². The summed E-state index contributed by atoms with van der Waals surface area (Å²) in [5.41, 5.74) is 0. The molecule has 0 saturated carbocycles. The molecule has 0 aromatic carbocycles. The van der Waals surface area contributed by atoms with Crippen molar-refractivity contribution in [3.8, 4) is 0 Å². The van der Waals surface area contributed by atoms with Crippen molar-refractivity contribution in [2.45, 2.75) is 70.9 Å². The van der Waals surface area contributed by atoms with Crippen molar-refractivity contribution < 1.29 is 13.2 Å². The first-order chi connectivity index (χ1) is 9.36. The first kappa shape index (κ1) is 17.4. The fourth-order valence-electron chi connectivity index (χ4n) is 2.68. The van der Waals surface area contributed by atoms with E-state index in [9.17, 15) is 13.2 Å². The number of carbonyl (C=O) groups is 1. The summed E-state index contributed by atoms with van der Waals surface area (Å²) >= 11 is 0. The molecule has 1 saturated heterocycles. The van der Waals surface area contributed by atoms with Crippen molar-refractivity contribution in [2.75, 3.05) is 12.8 Å². The van der Waals surface area contributed by atoms with Crippen molar-refractivity contribution in [1.82, 2.24) is 9.62 Å². The molecule has 1 fully saturated rings. The molecule has 1 amide bonds. The van der Waals surface area contributed by atoms with Crippen LogP contribution in [0.5, 0.6) is 0 Å². The first-order valence-corrected chi connectivity index (χ1v) is 9.48. The van der Waals surface area contributed by atoms with Gasteiger partial charge in [0.15, 0.2) is 0 Å². The average molecular weight is 304 g/mol. The number of unbranched alkanes of at least 4 members (excludes halogenated alkanes) is 2. The second kappa shape index (κ2) is 7.98. The Morgan fingerprint density at radius 3 is 2.65 bits per heavy atom. The fourth-order valence-corrected chi connectivity index (χ4v) is 3.80. The maximum absolute atomic E-state index is 12.3. The van der Waals surface area contributed by atoms with Gasteiger partial charge in [0.25, 0.3) is 0 Å². The van der Waals surface area contributed by atoms with Crippen molar-refractivity contribution in [1.29, 1.82) is 0 Å². The predicted molar refractivity (Wildman–Crippen MR) is 80.9 cm³/mol. The van der Waals surface area contributed by atoms with Crippen LogP contribution >= 0.6 is 0 Å². The van der Waals surface area contributed by atoms with Crippen LogP contribution in [0.2, 0.25) is 0 Å². The van der Waals surface area contributed by atoms with Gasteiger partial charge in [-0.15, -0.1) is 0 Å². The standard InChI is InChI=1S/C14H28N2O3S/c1-4-5-6-9-12(2)15-14(17)13-10-7-8-11-16(13)20(3,18)19/h12-13H,4-11H2,1-3H3,(H,15,17). The van der Waals surface area contributed by atoms with Gasteiger partial charge < -0.3 is 5.32 Å². The second-order valence-electron chi connectivity index (χ2n) is 5.79. The summed E-state index contributed by atoms with van der Waals surface area (Å²) in [6.07, 6.45) is 7.93. The van der Waals surface area contributed by atoms with Crippen molar-refractivity contribution >= 4 is 15.9 Å². The smallest absolute Gasteiger partial charge is 0.238 e. The van der Waals surface area contributed by atoms with E-state index in [0.717, 1.165) is 32.1 Å². The van der Waals surface area contributed by atoms with Gasteiger partial charge in [-0.3, -0.25) is 4.79 Å². The zero-order valence-corrected chi connectivity index (χ0v) is 13.7. The molecule has 0 radical (unpaired) electrons. The van der Waals surface area contributed by atoms with Gasteiger partial charge in [-0.1, -0.05) is 32.6 Å². The van der Waals surface area contributed by atoms with Crippen LogP contribution < -0.4 is 5.32 Å². The number of amides is 1. The summed E-state index contributed by atoms with van der Waals surface area (Å²) in [5.74, 6) is -0.140. The second-order valence-corrected chi connectivity index (χ2v) is 7.73. The molecule has 1 rings (SSSR count). The normalized spacial score (nSPS) is 22.4. The predicted octanol–water partition coefficient (Wildman–Crippen LogP) is 1.89. The number of rotatable bonds is 7. The monoisotopic (exact) mass is 304 g/mol. The molecular weight excluding hydrogens is 276 g/mol. The molecule has 1 N–H and O–H groups in total. The van der Waals surface area contributed by atoms with Crippen LogP contribution in [0.1, 0.15) is 58.8 Å². The van der Waals surface area contributed by atoms with Crippen molar-refractivity contribution in [3.63, 3.8) is 0 Å². The zero-order valence-electron chi connectivity index (χ0n) is 12.9. The highest BCUT2D eigenvalue weighted by Crippen LogP contribution is 2.20. The number of sulfonamides is 1. The highest BCUT2D eigenvalue weighted by atomic mass is 32.2. The zero-order chi connectivity index (χ0) is 15.2. The molecule has 1 heterocycles. The maximum atomic E-state index is 12.3. The molecule has 5 nitrogen and oxygen atoms in total. The lowest BCUT2D eigenvalue weighted by molar-refractivity contribution is -0.126. The molecule has 1 aliphatic heterocycles. The number of hydrogen-bond donors (Lipinski definition) is 1. The molecule has 6 heteroatoms. The van der Waals surface area contributed by atoms with E-state index in [-0.39, 0.29) is 11.9 Å². The summed E-state index contributed by atoms with van der Waals surface area (Å²) in [6.45, 7) is 4.59. The van der Waals surface area contributed by atoms with Crippen LogP contribution in [0, 0.1) is 0 Å². The van der Waals surface area contributed by atoms with E-state index in [1.165, 1.54) is 17.0 Å². The molecule has 0 aromatic rings. The Morgan fingerprint density at radius 1 is 1.35 bits per heavy atom. The van der Waals surface area contributed by atoms with Gasteiger partial charge in [-0.05, 0) is 26.2 Å². The van der Waals surface area contributed by atoms with Crippen molar-refractivity contribution in [2.24, 2.45) is 0 Å². The topological polar surface area (TPSA) is 66.5 Å². The molecule has 2 unspecified atom stereocenters. The minimum Gasteiger partial charge on any atom is -0.352 e. The van der Waals surface area contributed by atoms with E-state index in [2.05, 4.69) is 12.2 Å². The molecule has 1 aliphatic rings. The molecule has 2 atom stereocenters. The lowest BCUT2D eigenvalue weighted by Crippen LogP contribution is -2.53. The van der Waals surface area contributed by atoms with E-state index in [1.54, 1.807) is 0 Å². The minimum absolute atomic E-state index is 0.109. The number of carbonyl (C=O) groups excluding carboxylic acids is 1. The lowest BCUT2D eigenvalue weighted by Gasteiger charge is -2.33. The van der Waals surface area contributed by atoms with Crippen LogP contribution in [-0.2, 0) is 14.8 Å². The summed E-state index contributed by atoms with van der Waals surface area (Å²) in [5, 5.41) is 2.97. The van der Waals surface area contributed by atoms with E-state index >= 15 is 0 Å². The molecular formula is C14H28N2O3S. The maximum Gasteiger partial charge on any atom is 0.238 e. The van der Waals surface area contributed by atoms with Crippen LogP contribution in [-0.4, -0.2) is 43.5 Å². The highest BCUT2D eigenvalue weighted by Gasteiger charge is 2.34. The highest BCUT2D eigenvalue weighted by molar-refractivity contribution is 7.88. The van der Waals surface area contributed by atoms with Crippen LogP contribution in [0.3, 0.4) is 0 Å². The molecule has 20 heavy (non-hydrogen) atoms. The Hall–Kier alpha value is -0.620. The lowest BCUT2D eigenvalue weighted by atomic mass is 10.0. The van der Waals surface area contributed by atoms with Gasteiger partial charge in [-0.25, -0.2) is 8.42 Å². The van der Waals surface area contributed by atoms with Gasteiger partial charge in [-0.2, -0.15) is 4.31 Å². The average Bonchev–Trinajstić information content (AvgIpc) is 2.38. The Balaban J connectivity index is 2.55. The number of nitrogens with zero attached hydrogens (tertiary/aromatic N) is 1. The number of hydrogen-bond acceptors (Lipinski definition) is 3. The van der Waals surface area contributed by atoms with Crippen molar-refractivity contribution in [3.05, 3.63) is 0 Å². The van der Waals surface area contributed by atoms with Crippen LogP contribution in [0.4, 0.5) is 0 Å². The Bertz CT molecular complexity index is 409. The van der Waals surface area contributed by atoms with Gasteiger partial charge in [0.05, 0.1) is 6.26 Å². The largest absolute Gasteiger partial charge is 0.352 e. The Kier molecular flexibility index (Phi) is 6.95. The molecule has 0 aliphatic carbocycles. The summed E-state index contributed by atoms with van der Waals surface area (Å²) in [4.78, 5) is 12.3. The number of piperidine rings is 1. The molecule has 0 bridgehead atoms. The van der Waals surface area contributed by atoms with E-state index in [0.29, 0.717) is 13.0 Å². The molecule has 0 spiro atoms. The summed E-state index contributed by atoms with van der Waals surface area (Å²) < 4.78 is 24.8. The van der Waals surface area contributed by atoms with Gasteiger partial charge in [0.1, 0.15) is 6.04 Å². The molecule has 118 valence electrons. The van der Waals surface area contributed by atoms with Gasteiger partial charge >= 0.3 is 0 Å². The quantitative estimate of drug-likeness (QED) is 0.730. The SMILES string of the molecule is CCCCCC(C)NC(=O)C1CCCCN1S(C)(=O)=O. The molecule has 0 aromatic heterocycles. The summed E-state index contributed by atoms with van der Waals surface area (Å²) in [7, 11) is -3.30. The van der Waals surface area contributed by atoms with E-state index in [1.807, 2.05) is 6.92 Å². The first-order valence-electron chi connectivity index (χ1n) is 7.63. The van der Waals surface area contributed by atoms with E-state index < -0.39 is 16.1 Å². The third-order valence-electron chi connectivity index (χ3n) is 3.81. The number of nitrogens with one attached hydrogen (secondary N) is 1. The van der Waals surface area contributed by atoms with Crippen LogP contribution in [0.25, 0.3) is 0 Å². The Labute approximate surface area is 123 Å². The third-order valence-corrected chi connectivity index (χ3v) is 5.10. The van der Waals surface area contributed by atoms with Crippen LogP contribution in [0.15, 0.2) is 0 Å². The van der Waals surface area contributed by atoms with Gasteiger partial charge in [0, 0.05) is 12.6 Å². The van der Waals surface area contributed by atoms with E-state index in [4.69, 9.17) is 0 Å². The Morgan fingerprint density at radius 2 is 2.05 bits per heavy atom. The minimum atomic E-state index is -3.30. The summed E-state index contributed by atoms with van der Waals surface area (Å²) in [6, 6.07) is -0.412.